The molecule has 0 saturated heterocycles. The third-order valence-corrected chi connectivity index (χ3v) is 4.01. The number of hydrogen-bond donors (Lipinski definition) is 0. The molecule has 3 nitrogen and oxygen atoms in total. The van der Waals surface area contributed by atoms with E-state index in [4.69, 9.17) is 0 Å². The van der Waals surface area contributed by atoms with Crippen LogP contribution >= 0.6 is 15.9 Å². The average molecular weight is 309 g/mol. The fraction of sp³-hybridized carbons (Fsp3) is 0.357. The molecule has 1 saturated carbocycles. The molecule has 0 unspecified atom stereocenters. The largest absolute Gasteiger partial charge is 0.299 e. The van der Waals surface area contributed by atoms with Crippen LogP contribution in [0.15, 0.2) is 28.7 Å². The Morgan fingerprint density at radius 1 is 1.17 bits per heavy atom. The van der Waals surface area contributed by atoms with Crippen molar-refractivity contribution >= 4 is 33.3 Å². The summed E-state index contributed by atoms with van der Waals surface area (Å²) < 4.78 is 0.900. The standard InChI is InChI=1S/C14H13BrO3/c1-8(16)14-12(17)6-9(7-13(14)18)10-4-2-3-5-11(10)15/h2-5,9,14H,6-7H2,1H3. The molecule has 18 heavy (non-hydrogen) atoms. The number of Topliss-reactive ketones (excluding diaryl/α,β-unsaturated/α-hetero) is 3. The van der Waals surface area contributed by atoms with Gasteiger partial charge >= 0.3 is 0 Å². The quantitative estimate of drug-likeness (QED) is 0.789. The van der Waals surface area contributed by atoms with E-state index >= 15 is 0 Å². The van der Waals surface area contributed by atoms with Crippen molar-refractivity contribution in [2.45, 2.75) is 25.7 Å². The summed E-state index contributed by atoms with van der Waals surface area (Å²) >= 11 is 3.43. The van der Waals surface area contributed by atoms with Gasteiger partial charge in [0.1, 0.15) is 11.7 Å². The Balaban J connectivity index is 2.26. The van der Waals surface area contributed by atoms with Crippen LogP contribution in [0.5, 0.6) is 0 Å². The van der Waals surface area contributed by atoms with Gasteiger partial charge in [-0.05, 0) is 24.5 Å². The van der Waals surface area contributed by atoms with Crippen LogP contribution in [0.3, 0.4) is 0 Å². The van der Waals surface area contributed by atoms with E-state index in [-0.39, 0.29) is 36.1 Å². The second kappa shape index (κ2) is 5.14. The minimum absolute atomic E-state index is 0.115. The van der Waals surface area contributed by atoms with Crippen LogP contribution in [0.25, 0.3) is 0 Å². The third-order valence-electron chi connectivity index (χ3n) is 3.29. The summed E-state index contributed by atoms with van der Waals surface area (Å²) in [5.41, 5.74) is 0.959. The maximum atomic E-state index is 11.9. The molecule has 0 amide bonds. The molecular formula is C14H13BrO3. The molecule has 1 aromatic carbocycles. The molecule has 1 aliphatic carbocycles. The lowest BCUT2D eigenvalue weighted by Crippen LogP contribution is -2.37. The number of ketones is 3. The van der Waals surface area contributed by atoms with Crippen molar-refractivity contribution in [1.29, 1.82) is 0 Å². The zero-order valence-electron chi connectivity index (χ0n) is 9.98. The van der Waals surface area contributed by atoms with E-state index in [1.807, 2.05) is 24.3 Å². The Kier molecular flexibility index (Phi) is 3.76. The average Bonchev–Trinajstić information content (AvgIpc) is 2.27. The van der Waals surface area contributed by atoms with Crippen molar-refractivity contribution in [3.05, 3.63) is 34.3 Å². The highest BCUT2D eigenvalue weighted by Crippen LogP contribution is 2.35. The minimum atomic E-state index is -1.02. The van der Waals surface area contributed by atoms with Crippen molar-refractivity contribution in [2.75, 3.05) is 0 Å². The number of rotatable bonds is 2. The molecule has 0 aliphatic heterocycles. The molecule has 4 heteroatoms. The van der Waals surface area contributed by atoms with Crippen molar-refractivity contribution in [2.24, 2.45) is 5.92 Å². The first-order chi connectivity index (χ1) is 8.50. The van der Waals surface area contributed by atoms with Crippen LogP contribution in [-0.2, 0) is 14.4 Å². The smallest absolute Gasteiger partial charge is 0.151 e. The second-order valence-electron chi connectivity index (χ2n) is 4.60. The summed E-state index contributed by atoms with van der Waals surface area (Å²) in [6, 6.07) is 7.56. The first-order valence-corrected chi connectivity index (χ1v) is 6.60. The number of benzene rings is 1. The summed E-state index contributed by atoms with van der Waals surface area (Å²) in [5.74, 6) is -1.98. The van der Waals surface area contributed by atoms with Crippen LogP contribution in [0.4, 0.5) is 0 Å². The van der Waals surface area contributed by atoms with E-state index in [1.165, 1.54) is 6.92 Å². The van der Waals surface area contributed by atoms with E-state index in [9.17, 15) is 14.4 Å². The van der Waals surface area contributed by atoms with Gasteiger partial charge in [-0.1, -0.05) is 34.1 Å². The summed E-state index contributed by atoms with van der Waals surface area (Å²) in [6.07, 6.45) is 0.525. The lowest BCUT2D eigenvalue weighted by atomic mass is 9.75. The van der Waals surface area contributed by atoms with Crippen LogP contribution < -0.4 is 0 Å². The maximum absolute atomic E-state index is 11.9. The van der Waals surface area contributed by atoms with E-state index in [1.54, 1.807) is 0 Å². The normalized spacial score (nSPS) is 24.1. The Labute approximate surface area is 114 Å². The molecule has 0 N–H and O–H groups in total. The SMILES string of the molecule is CC(=O)C1C(=O)CC(c2ccccc2Br)CC1=O. The van der Waals surface area contributed by atoms with Gasteiger partial charge < -0.3 is 0 Å². The summed E-state index contributed by atoms with van der Waals surface area (Å²) in [7, 11) is 0. The maximum Gasteiger partial charge on any atom is 0.151 e. The highest BCUT2D eigenvalue weighted by Gasteiger charge is 2.38. The topological polar surface area (TPSA) is 51.2 Å². The summed E-state index contributed by atoms with van der Waals surface area (Å²) in [4.78, 5) is 35.0. The van der Waals surface area contributed by atoms with Crippen LogP contribution in [0.1, 0.15) is 31.2 Å². The van der Waals surface area contributed by atoms with Crippen LogP contribution in [-0.4, -0.2) is 17.3 Å². The zero-order valence-corrected chi connectivity index (χ0v) is 11.6. The fourth-order valence-electron chi connectivity index (χ4n) is 2.45. The molecule has 0 bridgehead atoms. The van der Waals surface area contributed by atoms with E-state index in [0.29, 0.717) is 0 Å². The number of hydrogen-bond acceptors (Lipinski definition) is 3. The summed E-state index contributed by atoms with van der Waals surface area (Å²) in [5, 5.41) is 0. The second-order valence-corrected chi connectivity index (χ2v) is 5.46. The number of carbonyl (C=O) groups is 3. The molecule has 0 heterocycles. The molecule has 1 aromatic rings. The highest BCUT2D eigenvalue weighted by molar-refractivity contribution is 9.10. The van der Waals surface area contributed by atoms with E-state index < -0.39 is 5.92 Å². The molecule has 94 valence electrons. The number of halogens is 1. The lowest BCUT2D eigenvalue weighted by Gasteiger charge is -2.25. The van der Waals surface area contributed by atoms with E-state index in [0.717, 1.165) is 10.0 Å². The van der Waals surface area contributed by atoms with Gasteiger partial charge in [0.2, 0.25) is 0 Å². The van der Waals surface area contributed by atoms with Crippen LogP contribution in [0, 0.1) is 5.92 Å². The molecule has 0 spiro atoms. The van der Waals surface area contributed by atoms with Gasteiger partial charge in [0.05, 0.1) is 0 Å². The minimum Gasteiger partial charge on any atom is -0.299 e. The molecular weight excluding hydrogens is 296 g/mol. The zero-order chi connectivity index (χ0) is 13.3. The summed E-state index contributed by atoms with van der Waals surface area (Å²) in [6.45, 7) is 1.30. The Bertz CT molecular complexity index is 504. The third kappa shape index (κ3) is 2.43. The van der Waals surface area contributed by atoms with Gasteiger partial charge in [0, 0.05) is 17.3 Å². The predicted octanol–water partition coefficient (Wildman–Crippen LogP) is 2.67. The number of carbonyl (C=O) groups excluding carboxylic acids is 3. The monoisotopic (exact) mass is 308 g/mol. The van der Waals surface area contributed by atoms with Gasteiger partial charge in [-0.25, -0.2) is 0 Å². The van der Waals surface area contributed by atoms with Crippen molar-refractivity contribution in [3.63, 3.8) is 0 Å². The van der Waals surface area contributed by atoms with Gasteiger partial charge in [-0.3, -0.25) is 14.4 Å². The van der Waals surface area contributed by atoms with Crippen molar-refractivity contribution < 1.29 is 14.4 Å². The van der Waals surface area contributed by atoms with Gasteiger partial charge in [0.25, 0.3) is 0 Å². The Morgan fingerprint density at radius 2 is 1.72 bits per heavy atom. The van der Waals surface area contributed by atoms with Gasteiger partial charge in [-0.15, -0.1) is 0 Å². The molecule has 0 atom stereocenters. The fourth-order valence-corrected chi connectivity index (χ4v) is 3.06. The van der Waals surface area contributed by atoms with Gasteiger partial charge in [-0.2, -0.15) is 0 Å². The van der Waals surface area contributed by atoms with Gasteiger partial charge in [0.15, 0.2) is 11.6 Å². The molecule has 0 aromatic heterocycles. The molecule has 1 aliphatic rings. The first kappa shape index (κ1) is 13.1. The predicted molar refractivity (Wildman–Crippen MR) is 70.3 cm³/mol. The highest BCUT2D eigenvalue weighted by atomic mass is 79.9. The molecule has 2 rings (SSSR count). The van der Waals surface area contributed by atoms with Crippen molar-refractivity contribution in [3.8, 4) is 0 Å². The molecule has 0 radical (unpaired) electrons. The molecule has 1 fully saturated rings. The van der Waals surface area contributed by atoms with Crippen LogP contribution in [0.2, 0.25) is 0 Å². The van der Waals surface area contributed by atoms with Crippen molar-refractivity contribution in [1.82, 2.24) is 0 Å². The van der Waals surface area contributed by atoms with E-state index in [2.05, 4.69) is 15.9 Å². The lowest BCUT2D eigenvalue weighted by molar-refractivity contribution is -0.141. The first-order valence-electron chi connectivity index (χ1n) is 5.81. The Hall–Kier alpha value is -1.29. The Morgan fingerprint density at radius 3 is 2.22 bits per heavy atom.